The van der Waals surface area contributed by atoms with E-state index in [0.29, 0.717) is 54.7 Å². The Hall–Kier alpha value is -4.08. The molecule has 2 amide bonds. The van der Waals surface area contributed by atoms with Crippen LogP contribution in [0.3, 0.4) is 0 Å². The number of carbonyl (C=O) groups is 2. The van der Waals surface area contributed by atoms with Gasteiger partial charge in [0.1, 0.15) is 0 Å². The lowest BCUT2D eigenvalue weighted by Crippen LogP contribution is -2.44. The lowest BCUT2D eigenvalue weighted by Gasteiger charge is -2.38. The van der Waals surface area contributed by atoms with E-state index in [1.54, 1.807) is 25.4 Å². The van der Waals surface area contributed by atoms with E-state index in [1.807, 2.05) is 28.0 Å². The molecule has 10 nitrogen and oxygen atoms in total. The van der Waals surface area contributed by atoms with E-state index in [9.17, 15) is 9.59 Å². The van der Waals surface area contributed by atoms with Crippen LogP contribution in [0.4, 0.5) is 0 Å². The molecule has 5 rings (SSSR count). The molecule has 194 valence electrons. The Kier molecular flexibility index (Phi) is 6.73. The number of carbonyl (C=O) groups excluding carboxylic acids is 2. The molecule has 2 aromatic heterocycles. The van der Waals surface area contributed by atoms with Gasteiger partial charge in [-0.3, -0.25) is 9.59 Å². The van der Waals surface area contributed by atoms with Crippen molar-refractivity contribution >= 4 is 28.9 Å². The van der Waals surface area contributed by atoms with E-state index < -0.39 is 0 Å². The highest BCUT2D eigenvalue weighted by atomic mass is 16.5. The highest BCUT2D eigenvalue weighted by Gasteiger charge is 2.42. The third-order valence-electron chi connectivity index (χ3n) is 7.34. The summed E-state index contributed by atoms with van der Waals surface area (Å²) in [5.74, 6) is 1.09. The average Bonchev–Trinajstić information content (AvgIpc) is 3.56. The van der Waals surface area contributed by atoms with E-state index in [2.05, 4.69) is 9.97 Å². The molecular weight excluding hydrogens is 476 g/mol. The standard InChI is InChI=1S/C27H30N4O6/c1-34-20-6-4-5-18-15-21(37-23(18)20)25(33)30-12-9-27(10-13-30)11-14-31(17-27)22(32)8-7-19-16-28-26(36-3)29-24(19)35-2/h4-8,15-16H,9-14,17H2,1-3H3/b8-7+. The Balaban J connectivity index is 1.19. The van der Waals surface area contributed by atoms with Crippen LogP contribution in [0.15, 0.2) is 41.0 Å². The van der Waals surface area contributed by atoms with Crippen LogP contribution in [-0.4, -0.2) is 79.1 Å². The van der Waals surface area contributed by atoms with Gasteiger partial charge in [0.05, 0.1) is 26.9 Å². The number of para-hydroxylation sites is 1. The molecule has 1 aromatic carbocycles. The van der Waals surface area contributed by atoms with Crippen LogP contribution in [0, 0.1) is 5.41 Å². The molecule has 0 N–H and O–H groups in total. The molecule has 3 aromatic rings. The molecule has 2 aliphatic rings. The number of hydrogen-bond acceptors (Lipinski definition) is 8. The van der Waals surface area contributed by atoms with E-state index in [1.165, 1.54) is 20.3 Å². The minimum Gasteiger partial charge on any atom is -0.493 e. The van der Waals surface area contributed by atoms with Crippen molar-refractivity contribution in [2.24, 2.45) is 5.41 Å². The van der Waals surface area contributed by atoms with Gasteiger partial charge in [-0.1, -0.05) is 12.1 Å². The van der Waals surface area contributed by atoms with Gasteiger partial charge < -0.3 is 28.4 Å². The molecule has 0 aliphatic carbocycles. The lowest BCUT2D eigenvalue weighted by atomic mass is 9.77. The SMILES string of the molecule is COc1ncc(/C=C/C(=O)N2CCC3(CCN(C(=O)c4cc5cccc(OC)c5o4)CC3)C2)c(OC)n1. The minimum atomic E-state index is -0.113. The number of piperidine rings is 1. The number of hydrogen-bond donors (Lipinski definition) is 0. The maximum Gasteiger partial charge on any atom is 0.319 e. The molecule has 1 spiro atoms. The first-order chi connectivity index (χ1) is 17.9. The molecule has 2 fully saturated rings. The Morgan fingerprint density at radius 1 is 1.03 bits per heavy atom. The molecular formula is C27H30N4O6. The topological polar surface area (TPSA) is 107 Å². The summed E-state index contributed by atoms with van der Waals surface area (Å²) in [7, 11) is 4.57. The summed E-state index contributed by atoms with van der Waals surface area (Å²) in [6.45, 7) is 2.63. The third-order valence-corrected chi connectivity index (χ3v) is 7.34. The highest BCUT2D eigenvalue weighted by molar-refractivity contribution is 5.97. The smallest absolute Gasteiger partial charge is 0.319 e. The number of ether oxygens (including phenoxy) is 3. The van der Waals surface area contributed by atoms with Crippen molar-refractivity contribution in [2.45, 2.75) is 19.3 Å². The Labute approximate surface area is 214 Å². The third kappa shape index (κ3) is 4.83. The number of nitrogens with zero attached hydrogens (tertiary/aromatic N) is 4. The fraction of sp³-hybridized carbons (Fsp3) is 0.407. The van der Waals surface area contributed by atoms with E-state index in [4.69, 9.17) is 18.6 Å². The minimum absolute atomic E-state index is 0.0261. The number of furan rings is 1. The zero-order valence-electron chi connectivity index (χ0n) is 21.2. The summed E-state index contributed by atoms with van der Waals surface area (Å²) >= 11 is 0. The van der Waals surface area contributed by atoms with Gasteiger partial charge in [0.25, 0.3) is 5.91 Å². The van der Waals surface area contributed by atoms with E-state index in [0.717, 1.165) is 24.6 Å². The van der Waals surface area contributed by atoms with Crippen molar-refractivity contribution < 1.29 is 28.2 Å². The molecule has 0 saturated carbocycles. The van der Waals surface area contributed by atoms with E-state index in [-0.39, 0.29) is 23.2 Å². The van der Waals surface area contributed by atoms with Crippen LogP contribution < -0.4 is 14.2 Å². The van der Waals surface area contributed by atoms with Gasteiger partial charge in [-0.2, -0.15) is 4.98 Å². The number of fused-ring (bicyclic) bond motifs is 1. The Bertz CT molecular complexity index is 1340. The molecule has 37 heavy (non-hydrogen) atoms. The fourth-order valence-electron chi connectivity index (χ4n) is 5.18. The normalized spacial score (nSPS) is 17.1. The summed E-state index contributed by atoms with van der Waals surface area (Å²) in [6, 6.07) is 7.56. The van der Waals surface area contributed by atoms with Crippen molar-refractivity contribution in [1.29, 1.82) is 0 Å². The van der Waals surface area contributed by atoms with Gasteiger partial charge in [-0.15, -0.1) is 0 Å². The molecule has 0 radical (unpaired) electrons. The summed E-state index contributed by atoms with van der Waals surface area (Å²) in [6.07, 6.45) is 7.36. The quantitative estimate of drug-likeness (QED) is 0.468. The summed E-state index contributed by atoms with van der Waals surface area (Å²) < 4.78 is 21.5. The van der Waals surface area contributed by atoms with Crippen LogP contribution in [-0.2, 0) is 4.79 Å². The van der Waals surface area contributed by atoms with Gasteiger partial charge in [0.2, 0.25) is 11.8 Å². The molecule has 2 saturated heterocycles. The predicted molar refractivity (Wildman–Crippen MR) is 136 cm³/mol. The molecule has 2 aliphatic heterocycles. The second kappa shape index (κ2) is 10.1. The Morgan fingerprint density at radius 3 is 2.49 bits per heavy atom. The number of aromatic nitrogens is 2. The summed E-state index contributed by atoms with van der Waals surface area (Å²) in [4.78, 5) is 38.0. The number of benzene rings is 1. The summed E-state index contributed by atoms with van der Waals surface area (Å²) in [5, 5.41) is 0.841. The molecule has 0 atom stereocenters. The molecule has 0 bridgehead atoms. The van der Waals surface area contributed by atoms with Crippen LogP contribution in [0.1, 0.15) is 35.4 Å². The maximum absolute atomic E-state index is 13.1. The van der Waals surface area contributed by atoms with E-state index >= 15 is 0 Å². The van der Waals surface area contributed by atoms with Crippen LogP contribution >= 0.6 is 0 Å². The van der Waals surface area contributed by atoms with Crippen molar-refractivity contribution in [2.75, 3.05) is 47.5 Å². The first-order valence-electron chi connectivity index (χ1n) is 12.2. The first kappa shape index (κ1) is 24.6. The van der Waals surface area contributed by atoms with Gasteiger partial charge >= 0.3 is 6.01 Å². The number of amides is 2. The van der Waals surface area contributed by atoms with Crippen LogP contribution in [0.2, 0.25) is 0 Å². The molecule has 4 heterocycles. The zero-order chi connectivity index (χ0) is 26.0. The largest absolute Gasteiger partial charge is 0.493 e. The van der Waals surface area contributed by atoms with Crippen molar-refractivity contribution in [1.82, 2.24) is 19.8 Å². The maximum atomic E-state index is 13.1. The second-order valence-electron chi connectivity index (χ2n) is 9.45. The molecule has 10 heteroatoms. The first-order valence-corrected chi connectivity index (χ1v) is 12.2. The summed E-state index contributed by atoms with van der Waals surface area (Å²) in [5.41, 5.74) is 1.21. The second-order valence-corrected chi connectivity index (χ2v) is 9.45. The highest BCUT2D eigenvalue weighted by Crippen LogP contribution is 2.41. The fourth-order valence-corrected chi connectivity index (χ4v) is 5.18. The Morgan fingerprint density at radius 2 is 1.78 bits per heavy atom. The van der Waals surface area contributed by atoms with Gasteiger partial charge in [-0.25, -0.2) is 4.98 Å². The van der Waals surface area contributed by atoms with Crippen LogP contribution in [0.25, 0.3) is 17.0 Å². The van der Waals surface area contributed by atoms with Crippen molar-refractivity contribution in [3.63, 3.8) is 0 Å². The molecule has 0 unspecified atom stereocenters. The predicted octanol–water partition coefficient (Wildman–Crippen LogP) is 3.42. The van der Waals surface area contributed by atoms with Gasteiger partial charge in [0.15, 0.2) is 17.1 Å². The van der Waals surface area contributed by atoms with Crippen molar-refractivity contribution in [3.8, 4) is 17.6 Å². The number of likely N-dealkylation sites (tertiary alicyclic amines) is 2. The van der Waals surface area contributed by atoms with Gasteiger partial charge in [-0.05, 0) is 42.9 Å². The number of rotatable bonds is 6. The average molecular weight is 507 g/mol. The number of methoxy groups -OCH3 is 3. The lowest BCUT2D eigenvalue weighted by molar-refractivity contribution is -0.125. The van der Waals surface area contributed by atoms with Gasteiger partial charge in [0, 0.05) is 43.8 Å². The zero-order valence-corrected chi connectivity index (χ0v) is 21.2. The van der Waals surface area contributed by atoms with Crippen LogP contribution in [0.5, 0.6) is 17.6 Å². The monoisotopic (exact) mass is 506 g/mol. The van der Waals surface area contributed by atoms with Crippen molar-refractivity contribution in [3.05, 3.63) is 47.9 Å².